The number of nitrogens with two attached hydrogens (primary N) is 2. The zero-order valence-corrected chi connectivity index (χ0v) is 25.6. The molecule has 7 N–H and O–H groups in total. The van der Waals surface area contributed by atoms with Crippen molar-refractivity contribution < 1.29 is 24.9 Å². The number of likely N-dealkylation sites (tertiary alicyclic amines) is 1. The number of aliphatic hydroxyl groups excluding tert-OH is 2. The van der Waals surface area contributed by atoms with E-state index in [-0.39, 0.29) is 12.2 Å². The Morgan fingerprint density at radius 3 is 2.28 bits per heavy atom. The van der Waals surface area contributed by atoms with Crippen molar-refractivity contribution in [2.45, 2.75) is 49.3 Å². The molecule has 0 unspecified atom stereocenters. The van der Waals surface area contributed by atoms with Gasteiger partial charge in [-0.25, -0.2) is 15.0 Å². The first kappa shape index (κ1) is 32.0. The van der Waals surface area contributed by atoms with Crippen LogP contribution in [-0.4, -0.2) is 114 Å². The van der Waals surface area contributed by atoms with Crippen molar-refractivity contribution in [1.82, 2.24) is 29.3 Å². The molecular weight excluding hydrogens is 588 g/mol. The molecule has 2 aromatic heterocycles. The fourth-order valence-corrected chi connectivity index (χ4v) is 6.67. The van der Waals surface area contributed by atoms with Crippen LogP contribution < -0.4 is 11.5 Å². The summed E-state index contributed by atoms with van der Waals surface area (Å²) >= 11 is 0. The van der Waals surface area contributed by atoms with Gasteiger partial charge >= 0.3 is 5.97 Å². The van der Waals surface area contributed by atoms with Crippen molar-refractivity contribution in [1.29, 1.82) is 0 Å². The normalized spacial score (nSPS) is 22.9. The van der Waals surface area contributed by atoms with Crippen LogP contribution in [0.1, 0.15) is 36.1 Å². The number of carboxylic acids is 1. The summed E-state index contributed by atoms with van der Waals surface area (Å²) in [6, 6.07) is 20.2. The summed E-state index contributed by atoms with van der Waals surface area (Å²) in [5.74, 6) is -0.169. The second-order valence-corrected chi connectivity index (χ2v) is 12.4. The maximum Gasteiger partial charge on any atom is 0.320 e. The van der Waals surface area contributed by atoms with E-state index in [9.17, 15) is 20.1 Å². The topological polar surface area (TPSA) is 189 Å². The highest BCUT2D eigenvalue weighted by atomic mass is 16.6. The highest BCUT2D eigenvalue weighted by Crippen LogP contribution is 2.33. The molecule has 244 valence electrons. The minimum Gasteiger partial charge on any atom is -0.480 e. The SMILES string of the molecule is Nc1ncnc2c1ncn2[C@@H]1O[C@H](CN(CC[C@H](N)C(=O)O)CC2CN(CCC(c3ccccc3)c3ccccc3)C2)[C@@H](O)[C@H]1O. The summed E-state index contributed by atoms with van der Waals surface area (Å²) in [6.45, 7) is 4.19. The average Bonchev–Trinajstić information content (AvgIpc) is 3.60. The number of aliphatic hydroxyl groups is 2. The van der Waals surface area contributed by atoms with Crippen molar-refractivity contribution in [3.8, 4) is 0 Å². The van der Waals surface area contributed by atoms with Gasteiger partial charge in [-0.05, 0) is 36.4 Å². The summed E-state index contributed by atoms with van der Waals surface area (Å²) in [5, 5.41) is 31.3. The molecule has 2 fully saturated rings. The third kappa shape index (κ3) is 7.04. The predicted octanol–water partition coefficient (Wildman–Crippen LogP) is 1.29. The van der Waals surface area contributed by atoms with E-state index in [1.165, 1.54) is 23.8 Å². The van der Waals surface area contributed by atoms with Crippen molar-refractivity contribution in [2.24, 2.45) is 11.7 Å². The van der Waals surface area contributed by atoms with Gasteiger partial charge in [0.05, 0.1) is 6.33 Å². The number of anilines is 1. The van der Waals surface area contributed by atoms with E-state index in [0.29, 0.717) is 42.6 Å². The largest absolute Gasteiger partial charge is 0.480 e. The van der Waals surface area contributed by atoms with E-state index in [0.717, 1.165) is 26.1 Å². The third-order valence-electron chi connectivity index (χ3n) is 9.20. The van der Waals surface area contributed by atoms with Gasteiger partial charge in [-0.15, -0.1) is 0 Å². The minimum atomic E-state index is -1.23. The van der Waals surface area contributed by atoms with Crippen LogP contribution in [0.4, 0.5) is 5.82 Å². The standard InChI is InChI=1S/C33H42N8O5/c34-25(33(44)45)12-14-40(18-26-28(42)29(43)32(46-26)41-20-38-27-30(35)36-19-37-31(27)41)17-21-15-39(16-21)13-11-24(22-7-3-1-4-8-22)23-9-5-2-6-10-23/h1-10,19-21,24-26,28-29,32,42-43H,11-18,34H2,(H,44,45)(H2,35,36,37)/t25-,26+,28+,29+,32+/m0/s1. The van der Waals surface area contributed by atoms with Gasteiger partial charge in [0.2, 0.25) is 0 Å². The van der Waals surface area contributed by atoms with E-state index < -0.39 is 36.6 Å². The van der Waals surface area contributed by atoms with Gasteiger partial charge in [0.1, 0.15) is 36.2 Å². The number of nitrogens with zero attached hydrogens (tertiary/aromatic N) is 6. The average molecular weight is 631 g/mol. The second kappa shape index (κ2) is 14.2. The van der Waals surface area contributed by atoms with Crippen LogP contribution in [0.5, 0.6) is 0 Å². The van der Waals surface area contributed by atoms with E-state index in [1.807, 2.05) is 12.1 Å². The fraction of sp³-hybridized carbons (Fsp3) is 0.455. The molecule has 0 saturated carbocycles. The first-order valence-electron chi connectivity index (χ1n) is 15.8. The van der Waals surface area contributed by atoms with Crippen molar-refractivity contribution in [2.75, 3.05) is 45.0 Å². The molecule has 0 amide bonds. The molecule has 0 radical (unpaired) electrons. The number of rotatable bonds is 14. The van der Waals surface area contributed by atoms with Crippen LogP contribution in [-0.2, 0) is 9.53 Å². The summed E-state index contributed by atoms with van der Waals surface area (Å²) in [6.07, 6.45) is -0.0475. The molecule has 13 heteroatoms. The Hall–Kier alpha value is -3.98. The number of aromatic nitrogens is 4. The molecule has 6 rings (SSSR count). The number of aliphatic carboxylic acids is 1. The molecule has 0 aliphatic carbocycles. The van der Waals surface area contributed by atoms with Crippen LogP contribution in [0, 0.1) is 5.92 Å². The number of carbonyl (C=O) groups is 1. The quantitative estimate of drug-likeness (QED) is 0.134. The molecular formula is C33H42N8O5. The van der Waals surface area contributed by atoms with Crippen LogP contribution in [0.2, 0.25) is 0 Å². The Morgan fingerprint density at radius 2 is 1.63 bits per heavy atom. The lowest BCUT2D eigenvalue weighted by Crippen LogP contribution is -2.53. The third-order valence-corrected chi connectivity index (χ3v) is 9.20. The van der Waals surface area contributed by atoms with E-state index >= 15 is 0 Å². The van der Waals surface area contributed by atoms with Crippen LogP contribution in [0.15, 0.2) is 73.3 Å². The number of nitrogen functional groups attached to an aromatic ring is 1. The fourth-order valence-electron chi connectivity index (χ4n) is 6.67. The van der Waals surface area contributed by atoms with Crippen molar-refractivity contribution in [3.63, 3.8) is 0 Å². The lowest BCUT2D eigenvalue weighted by atomic mass is 9.87. The zero-order chi connectivity index (χ0) is 32.2. The van der Waals surface area contributed by atoms with Crippen molar-refractivity contribution >= 4 is 23.0 Å². The molecule has 4 heterocycles. The molecule has 4 aromatic rings. The van der Waals surface area contributed by atoms with E-state index in [2.05, 4.69) is 73.3 Å². The van der Waals surface area contributed by atoms with Crippen LogP contribution in [0.3, 0.4) is 0 Å². The lowest BCUT2D eigenvalue weighted by molar-refractivity contribution is -0.138. The minimum absolute atomic E-state index is 0.208. The lowest BCUT2D eigenvalue weighted by Gasteiger charge is -2.43. The maximum absolute atomic E-state index is 11.4. The number of benzene rings is 2. The van der Waals surface area contributed by atoms with Gasteiger partial charge in [-0.3, -0.25) is 9.36 Å². The zero-order valence-electron chi connectivity index (χ0n) is 25.6. The Morgan fingerprint density at radius 1 is 0.957 bits per heavy atom. The van der Waals surface area contributed by atoms with Gasteiger partial charge < -0.3 is 41.3 Å². The molecule has 13 nitrogen and oxygen atoms in total. The number of ether oxygens (including phenoxy) is 1. The number of fused-ring (bicyclic) bond motifs is 1. The van der Waals surface area contributed by atoms with Gasteiger partial charge in [0, 0.05) is 38.6 Å². The Labute approximate surface area is 267 Å². The molecule has 0 bridgehead atoms. The van der Waals surface area contributed by atoms with E-state index in [4.69, 9.17) is 16.2 Å². The Balaban J connectivity index is 1.08. The monoisotopic (exact) mass is 630 g/mol. The predicted molar refractivity (Wildman–Crippen MR) is 172 cm³/mol. The van der Waals surface area contributed by atoms with Crippen LogP contribution in [0.25, 0.3) is 11.2 Å². The molecule has 2 saturated heterocycles. The number of imidazole rings is 1. The highest BCUT2D eigenvalue weighted by Gasteiger charge is 2.45. The summed E-state index contributed by atoms with van der Waals surface area (Å²) in [4.78, 5) is 28.4. The molecule has 2 aliphatic rings. The van der Waals surface area contributed by atoms with E-state index in [1.54, 1.807) is 4.57 Å². The first-order chi connectivity index (χ1) is 22.3. The summed E-state index contributed by atoms with van der Waals surface area (Å²) < 4.78 is 7.74. The van der Waals surface area contributed by atoms with Gasteiger partial charge in [-0.1, -0.05) is 60.7 Å². The van der Waals surface area contributed by atoms with Crippen molar-refractivity contribution in [3.05, 3.63) is 84.4 Å². The molecule has 0 spiro atoms. The molecule has 5 atom stereocenters. The highest BCUT2D eigenvalue weighted by molar-refractivity contribution is 5.81. The Bertz CT molecular complexity index is 1550. The molecule has 2 aromatic carbocycles. The van der Waals surface area contributed by atoms with Gasteiger partial charge in [0.15, 0.2) is 17.7 Å². The summed E-state index contributed by atoms with van der Waals surface area (Å²) in [7, 11) is 0. The smallest absolute Gasteiger partial charge is 0.320 e. The number of carboxylic acid groups (broad SMARTS) is 1. The maximum atomic E-state index is 11.4. The van der Waals surface area contributed by atoms with Gasteiger partial charge in [0.25, 0.3) is 0 Å². The van der Waals surface area contributed by atoms with Gasteiger partial charge in [-0.2, -0.15) is 0 Å². The second-order valence-electron chi connectivity index (χ2n) is 12.4. The molecule has 46 heavy (non-hydrogen) atoms. The first-order valence-corrected chi connectivity index (χ1v) is 15.8. The summed E-state index contributed by atoms with van der Waals surface area (Å²) in [5.41, 5.74) is 15.2. The van der Waals surface area contributed by atoms with Crippen LogP contribution >= 0.6 is 0 Å². The molecule has 2 aliphatic heterocycles. The number of hydrogen-bond donors (Lipinski definition) is 5. The Kier molecular flexibility index (Phi) is 9.87. The number of hydrogen-bond acceptors (Lipinski definition) is 11.